The van der Waals surface area contributed by atoms with Gasteiger partial charge in [-0.1, -0.05) is 31.5 Å². The van der Waals surface area contributed by atoms with Crippen LogP contribution in [-0.4, -0.2) is 80.2 Å². The summed E-state index contributed by atoms with van der Waals surface area (Å²) in [6.07, 6.45) is -7.19. The molecule has 4 atom stereocenters. The quantitative estimate of drug-likeness (QED) is 0.202. The van der Waals surface area contributed by atoms with Gasteiger partial charge in [-0.05, 0) is 63.1 Å². The Labute approximate surface area is 317 Å². The lowest BCUT2D eigenvalue weighted by Gasteiger charge is -2.51. The zero-order chi connectivity index (χ0) is 39.8. The Hall–Kier alpha value is -4.38. The molecule has 17 heteroatoms. The zero-order valence-corrected chi connectivity index (χ0v) is 30.7. The first kappa shape index (κ1) is 40.3. The molecule has 2 aliphatic heterocycles. The molecule has 3 fully saturated rings. The molecule has 1 saturated carbocycles. The number of rotatable bonds is 10. The van der Waals surface area contributed by atoms with Gasteiger partial charge in [0.25, 0.3) is 11.8 Å². The Balaban J connectivity index is 1.31. The van der Waals surface area contributed by atoms with E-state index in [9.17, 15) is 50.9 Å². The lowest BCUT2D eigenvalue weighted by atomic mass is 9.78. The number of hydrogen-bond acceptors (Lipinski definition) is 8. The van der Waals surface area contributed by atoms with Gasteiger partial charge in [-0.15, -0.1) is 11.3 Å². The van der Waals surface area contributed by atoms with Gasteiger partial charge in [0, 0.05) is 49.3 Å². The van der Waals surface area contributed by atoms with Crippen LogP contribution in [0.1, 0.15) is 91.2 Å². The minimum atomic E-state index is -4.92. The number of alkyl halides is 6. The number of aromatic nitrogens is 1. The Bertz CT molecular complexity index is 1880. The number of pyridine rings is 1. The maximum atomic E-state index is 14.9. The highest BCUT2D eigenvalue weighted by Gasteiger charge is 2.57. The molecule has 1 aliphatic carbocycles. The van der Waals surface area contributed by atoms with Crippen LogP contribution in [-0.2, 0) is 27.5 Å². The van der Waals surface area contributed by atoms with E-state index in [0.29, 0.717) is 48.3 Å². The molecule has 1 aromatic carbocycles. The van der Waals surface area contributed by atoms with Crippen LogP contribution in [0, 0.1) is 5.92 Å². The third kappa shape index (κ3) is 8.27. The summed E-state index contributed by atoms with van der Waals surface area (Å²) >= 11 is 0.361. The van der Waals surface area contributed by atoms with Crippen molar-refractivity contribution in [1.82, 2.24) is 14.8 Å². The molecule has 2 aromatic heterocycles. The third-order valence-electron chi connectivity index (χ3n) is 10.8. The van der Waals surface area contributed by atoms with Crippen molar-refractivity contribution in [3.8, 4) is 11.5 Å². The molecule has 298 valence electrons. The van der Waals surface area contributed by atoms with Crippen LogP contribution in [0.2, 0.25) is 0 Å². The second-order valence-corrected chi connectivity index (χ2v) is 15.3. The van der Waals surface area contributed by atoms with Gasteiger partial charge in [0.05, 0.1) is 29.2 Å². The molecule has 3 aliphatic rings. The van der Waals surface area contributed by atoms with Crippen molar-refractivity contribution in [3.05, 3.63) is 75.7 Å². The van der Waals surface area contributed by atoms with Crippen molar-refractivity contribution >= 4 is 29.1 Å². The number of aliphatic hydroxyl groups is 1. The number of piperidine rings is 2. The van der Waals surface area contributed by atoms with Crippen molar-refractivity contribution in [1.29, 1.82) is 0 Å². The summed E-state index contributed by atoms with van der Waals surface area (Å²) in [4.78, 5) is 45.8. The molecule has 6 rings (SSSR count). The first-order chi connectivity index (χ1) is 26.0. The second-order valence-electron chi connectivity index (χ2n) is 14.3. The molecule has 10 nitrogen and oxygen atoms in total. The summed E-state index contributed by atoms with van der Waals surface area (Å²) in [5.41, 5.74) is -5.15. The summed E-state index contributed by atoms with van der Waals surface area (Å²) in [6, 6.07) is 8.19. The van der Waals surface area contributed by atoms with Crippen molar-refractivity contribution in [2.45, 2.75) is 100 Å². The lowest BCUT2D eigenvalue weighted by Crippen LogP contribution is -2.68. The van der Waals surface area contributed by atoms with E-state index in [1.807, 2.05) is 0 Å². The number of likely N-dealkylation sites (tertiary alicyclic amines) is 2. The van der Waals surface area contributed by atoms with Gasteiger partial charge < -0.3 is 29.5 Å². The average molecular weight is 798 g/mol. The van der Waals surface area contributed by atoms with Gasteiger partial charge >= 0.3 is 18.3 Å². The Morgan fingerprint density at radius 2 is 1.71 bits per heavy atom. The molecule has 55 heavy (non-hydrogen) atoms. The summed E-state index contributed by atoms with van der Waals surface area (Å²) in [6.45, 7) is 1.61. The van der Waals surface area contributed by atoms with E-state index in [-0.39, 0.29) is 63.6 Å². The third-order valence-corrected chi connectivity index (χ3v) is 11.8. The molecule has 0 radical (unpaired) electrons. The smallest absolute Gasteiger partial charge is 0.425 e. The molecule has 2 amide bonds. The number of carbonyl (C=O) groups is 3. The highest BCUT2D eigenvalue weighted by molar-refractivity contribution is 7.10. The van der Waals surface area contributed by atoms with Gasteiger partial charge in [-0.3, -0.25) is 19.4 Å². The maximum absolute atomic E-state index is 14.9. The maximum Gasteiger partial charge on any atom is 0.425 e. The molecule has 2 saturated heterocycles. The van der Waals surface area contributed by atoms with Gasteiger partial charge in [0.1, 0.15) is 22.1 Å². The highest BCUT2D eigenvalue weighted by Crippen LogP contribution is 2.45. The number of hydrogen-bond donors (Lipinski definition) is 2. The first-order valence-electron chi connectivity index (χ1n) is 18.2. The Morgan fingerprint density at radius 3 is 2.35 bits per heavy atom. The van der Waals surface area contributed by atoms with Crippen LogP contribution >= 0.6 is 11.3 Å². The fourth-order valence-corrected chi connectivity index (χ4v) is 8.77. The fourth-order valence-electron chi connectivity index (χ4n) is 8.10. The van der Waals surface area contributed by atoms with E-state index in [0.717, 1.165) is 34.7 Å². The molecule has 3 aromatic rings. The van der Waals surface area contributed by atoms with Crippen molar-refractivity contribution in [3.63, 3.8) is 0 Å². The largest absolute Gasteiger partial charge is 0.490 e. The van der Waals surface area contributed by atoms with Crippen molar-refractivity contribution in [2.75, 3.05) is 19.6 Å². The summed E-state index contributed by atoms with van der Waals surface area (Å²) in [5, 5.41) is 22.5. The van der Waals surface area contributed by atoms with Crippen LogP contribution in [0.5, 0.6) is 11.5 Å². The van der Waals surface area contributed by atoms with E-state index >= 15 is 0 Å². The van der Waals surface area contributed by atoms with Crippen molar-refractivity contribution in [2.24, 2.45) is 5.92 Å². The number of nitrogens with zero attached hydrogens (tertiary/aromatic N) is 3. The number of benzene rings is 1. The van der Waals surface area contributed by atoms with Gasteiger partial charge in [0.15, 0.2) is 0 Å². The molecule has 0 bridgehead atoms. The van der Waals surface area contributed by atoms with E-state index in [1.165, 1.54) is 4.90 Å². The van der Waals surface area contributed by atoms with Crippen molar-refractivity contribution < 1.29 is 60.4 Å². The monoisotopic (exact) mass is 797 g/mol. The second kappa shape index (κ2) is 15.6. The number of halogens is 6. The number of thiophene rings is 1. The average Bonchev–Trinajstić information content (AvgIpc) is 3.82. The molecular weight excluding hydrogens is 756 g/mol. The molecular formula is C38H41F6N3O7S. The molecule has 4 heterocycles. The van der Waals surface area contributed by atoms with E-state index in [1.54, 1.807) is 31.2 Å². The van der Waals surface area contributed by atoms with Crippen LogP contribution in [0.25, 0.3) is 0 Å². The van der Waals surface area contributed by atoms with Crippen LogP contribution in [0.3, 0.4) is 0 Å². The Kier molecular flexibility index (Phi) is 11.5. The number of carbonyl (C=O) groups excluding carboxylic acids is 2. The Morgan fingerprint density at radius 1 is 0.982 bits per heavy atom. The van der Waals surface area contributed by atoms with Crippen LogP contribution < -0.4 is 9.47 Å². The molecule has 2 N–H and O–H groups in total. The lowest BCUT2D eigenvalue weighted by molar-refractivity contribution is -0.163. The van der Waals surface area contributed by atoms with Crippen LogP contribution in [0.4, 0.5) is 26.3 Å². The van der Waals surface area contributed by atoms with E-state index in [2.05, 4.69) is 4.98 Å². The minimum Gasteiger partial charge on any atom is -0.490 e. The molecule has 1 unspecified atom stereocenters. The number of amides is 2. The normalized spacial score (nSPS) is 24.4. The number of carboxylic acid groups (broad SMARTS) is 1. The summed E-state index contributed by atoms with van der Waals surface area (Å²) in [5.74, 6) is -3.07. The first-order valence-corrected chi connectivity index (χ1v) is 19.0. The topological polar surface area (TPSA) is 130 Å². The SMILES string of the molecule is CCC[C@H]1N(C(=O)c2ncccc2C(F)(F)F)CCC[C@@]1(Oc1csc(C(F)(F)F)c1)C(=O)N1CCC(O)(c2ccccc2OC2CC[C@H](C(=O)O)C2)CC1. The fraction of sp³-hybridized carbons (Fsp3) is 0.526. The standard InChI is InChI=1S/C38H41F6N3O7S/c1-2-7-29-36(54-25-21-30(55-22-25)38(42,43)44,13-6-17-47(29)32(48)31-27(37(39,40)41)9-5-16-45-31)34(51)46-18-14-35(52,15-19-46)26-8-3-4-10-28(26)53-24-12-11-23(20-24)33(49)50/h3-5,8-10,16,21-24,29,52H,2,6-7,11-15,17-20H2,1H3,(H,49,50)/t23-,24?,29+,36-/m0/s1. The van der Waals surface area contributed by atoms with E-state index in [4.69, 9.17) is 9.47 Å². The summed E-state index contributed by atoms with van der Waals surface area (Å²) in [7, 11) is 0. The predicted molar refractivity (Wildman–Crippen MR) is 186 cm³/mol. The number of carboxylic acids is 1. The summed E-state index contributed by atoms with van der Waals surface area (Å²) < 4.78 is 95.7. The highest BCUT2D eigenvalue weighted by atomic mass is 32.1. The van der Waals surface area contributed by atoms with Gasteiger partial charge in [0.2, 0.25) is 5.60 Å². The van der Waals surface area contributed by atoms with E-state index < -0.39 is 69.4 Å². The predicted octanol–water partition coefficient (Wildman–Crippen LogP) is 7.55. The van der Waals surface area contributed by atoms with Gasteiger partial charge in [-0.2, -0.15) is 26.3 Å². The number of para-hydroxylation sites is 1. The number of aliphatic carboxylic acids is 1. The van der Waals surface area contributed by atoms with Gasteiger partial charge in [-0.25, -0.2) is 0 Å². The molecule has 0 spiro atoms. The number of ether oxygens (including phenoxy) is 2. The zero-order valence-electron chi connectivity index (χ0n) is 29.9. The van der Waals surface area contributed by atoms with Crippen LogP contribution in [0.15, 0.2) is 54.0 Å². The minimum absolute atomic E-state index is 0.0122.